The van der Waals surface area contributed by atoms with Gasteiger partial charge in [-0.2, -0.15) is 0 Å². The van der Waals surface area contributed by atoms with Crippen molar-refractivity contribution >= 4 is 11.6 Å². The van der Waals surface area contributed by atoms with Crippen molar-refractivity contribution in [3.63, 3.8) is 0 Å². The summed E-state index contributed by atoms with van der Waals surface area (Å²) >= 11 is 0. The van der Waals surface area contributed by atoms with Crippen LogP contribution in [-0.2, 0) is 0 Å². The molecular weight excluding hydrogens is 186 g/mol. The van der Waals surface area contributed by atoms with Crippen LogP contribution in [0.3, 0.4) is 0 Å². The number of nitrogens with zero attached hydrogens (tertiary/aromatic N) is 2. The highest BCUT2D eigenvalue weighted by molar-refractivity contribution is 5.97. The van der Waals surface area contributed by atoms with Gasteiger partial charge in [-0.3, -0.25) is 4.99 Å². The molecule has 3 nitrogen and oxygen atoms in total. The average Bonchev–Trinajstić information content (AvgIpc) is 2.59. The number of anilines is 1. The van der Waals surface area contributed by atoms with Gasteiger partial charge in [0.15, 0.2) is 5.96 Å². The van der Waals surface area contributed by atoms with Crippen molar-refractivity contribution in [2.24, 2.45) is 10.7 Å². The highest BCUT2D eigenvalue weighted by atomic mass is 15.3. The van der Waals surface area contributed by atoms with Crippen LogP contribution in [0.25, 0.3) is 0 Å². The first-order valence-corrected chi connectivity index (χ1v) is 5.38. The predicted molar refractivity (Wildman–Crippen MR) is 64.2 cm³/mol. The van der Waals surface area contributed by atoms with Gasteiger partial charge < -0.3 is 10.6 Å². The number of hydrogen-bond donors (Lipinski definition) is 1. The molecule has 1 aromatic rings. The summed E-state index contributed by atoms with van der Waals surface area (Å²) in [5.41, 5.74) is 8.31. The van der Waals surface area contributed by atoms with E-state index < -0.39 is 0 Å². The molecule has 3 heteroatoms. The molecule has 0 fully saturated rings. The second kappa shape index (κ2) is 3.93. The highest BCUT2D eigenvalue weighted by Gasteiger charge is 2.25. The van der Waals surface area contributed by atoms with E-state index in [1.54, 1.807) is 0 Å². The summed E-state index contributed by atoms with van der Waals surface area (Å²) in [7, 11) is 0. The fourth-order valence-electron chi connectivity index (χ4n) is 1.98. The summed E-state index contributed by atoms with van der Waals surface area (Å²) in [5, 5.41) is 0. The van der Waals surface area contributed by atoms with E-state index in [9.17, 15) is 0 Å². The fraction of sp³-hybridized carbons (Fsp3) is 0.417. The zero-order valence-corrected chi connectivity index (χ0v) is 9.27. The van der Waals surface area contributed by atoms with Gasteiger partial charge in [0.2, 0.25) is 0 Å². The molecule has 0 saturated carbocycles. The Morgan fingerprint density at radius 3 is 3.00 bits per heavy atom. The molecule has 1 aliphatic rings. The third-order valence-electron chi connectivity index (χ3n) is 2.83. The lowest BCUT2D eigenvalue weighted by Crippen LogP contribution is -2.40. The van der Waals surface area contributed by atoms with Crippen molar-refractivity contribution in [1.29, 1.82) is 0 Å². The third kappa shape index (κ3) is 1.82. The van der Waals surface area contributed by atoms with E-state index in [2.05, 4.69) is 48.0 Å². The van der Waals surface area contributed by atoms with E-state index >= 15 is 0 Å². The summed E-state index contributed by atoms with van der Waals surface area (Å²) in [6.07, 6.45) is 1.07. The van der Waals surface area contributed by atoms with Crippen molar-refractivity contribution in [1.82, 2.24) is 0 Å². The van der Waals surface area contributed by atoms with Gasteiger partial charge in [-0.15, -0.1) is 0 Å². The van der Waals surface area contributed by atoms with Gasteiger partial charge in [0.05, 0.1) is 12.6 Å². The topological polar surface area (TPSA) is 41.6 Å². The third-order valence-corrected chi connectivity index (χ3v) is 2.83. The minimum atomic E-state index is 0.423. The second-order valence-electron chi connectivity index (χ2n) is 3.97. The van der Waals surface area contributed by atoms with E-state index in [1.165, 1.54) is 5.56 Å². The zero-order valence-electron chi connectivity index (χ0n) is 9.27. The van der Waals surface area contributed by atoms with Crippen molar-refractivity contribution in [3.8, 4) is 0 Å². The van der Waals surface area contributed by atoms with Gasteiger partial charge in [0.25, 0.3) is 0 Å². The summed E-state index contributed by atoms with van der Waals surface area (Å²) in [5.74, 6) is 0.646. The van der Waals surface area contributed by atoms with Crippen LogP contribution in [0, 0.1) is 6.92 Å². The Morgan fingerprint density at radius 1 is 1.53 bits per heavy atom. The molecule has 0 aromatic heterocycles. The molecular formula is C12H17N3. The molecule has 2 rings (SSSR count). The van der Waals surface area contributed by atoms with Crippen LogP contribution >= 0.6 is 0 Å². The van der Waals surface area contributed by atoms with Crippen LogP contribution in [0.15, 0.2) is 29.3 Å². The van der Waals surface area contributed by atoms with Gasteiger partial charge >= 0.3 is 0 Å². The average molecular weight is 203 g/mol. The predicted octanol–water partition coefficient (Wildman–Crippen LogP) is 1.91. The molecule has 0 aliphatic carbocycles. The molecule has 0 bridgehead atoms. The second-order valence-corrected chi connectivity index (χ2v) is 3.97. The first kappa shape index (κ1) is 10.0. The van der Waals surface area contributed by atoms with Crippen LogP contribution in [0.1, 0.15) is 18.9 Å². The minimum absolute atomic E-state index is 0.423. The Labute approximate surface area is 90.6 Å². The van der Waals surface area contributed by atoms with Crippen LogP contribution in [0.4, 0.5) is 5.69 Å². The Kier molecular flexibility index (Phi) is 2.62. The summed E-state index contributed by atoms with van der Waals surface area (Å²) in [6, 6.07) is 8.81. The Morgan fingerprint density at radius 2 is 2.33 bits per heavy atom. The largest absolute Gasteiger partial charge is 0.370 e. The SMILES string of the molecule is CCC1CN=C(N)N1c1cccc(C)c1. The van der Waals surface area contributed by atoms with E-state index in [0.29, 0.717) is 12.0 Å². The summed E-state index contributed by atoms with van der Waals surface area (Å²) in [4.78, 5) is 6.43. The molecule has 0 radical (unpaired) electrons. The van der Waals surface area contributed by atoms with Gasteiger partial charge in [-0.05, 0) is 31.0 Å². The maximum Gasteiger partial charge on any atom is 0.196 e. The summed E-state index contributed by atoms with van der Waals surface area (Å²) in [6.45, 7) is 5.08. The zero-order chi connectivity index (χ0) is 10.8. The molecule has 1 aliphatic heterocycles. The molecule has 1 atom stereocenters. The fourth-order valence-corrected chi connectivity index (χ4v) is 1.98. The van der Waals surface area contributed by atoms with Crippen molar-refractivity contribution in [2.45, 2.75) is 26.3 Å². The number of nitrogens with two attached hydrogens (primary N) is 1. The first-order valence-electron chi connectivity index (χ1n) is 5.38. The highest BCUT2D eigenvalue weighted by Crippen LogP contribution is 2.22. The molecule has 1 heterocycles. The van der Waals surface area contributed by atoms with Gasteiger partial charge in [-0.1, -0.05) is 19.1 Å². The van der Waals surface area contributed by atoms with Crippen LogP contribution in [-0.4, -0.2) is 18.5 Å². The maximum atomic E-state index is 5.90. The summed E-state index contributed by atoms with van der Waals surface area (Å²) < 4.78 is 0. The molecule has 0 amide bonds. The lowest BCUT2D eigenvalue weighted by molar-refractivity contribution is 0.684. The van der Waals surface area contributed by atoms with Gasteiger partial charge in [-0.25, -0.2) is 0 Å². The quantitative estimate of drug-likeness (QED) is 0.797. The smallest absolute Gasteiger partial charge is 0.196 e. The van der Waals surface area contributed by atoms with Crippen molar-refractivity contribution in [2.75, 3.05) is 11.4 Å². The molecule has 0 spiro atoms. The molecule has 15 heavy (non-hydrogen) atoms. The van der Waals surface area contributed by atoms with Crippen LogP contribution in [0.5, 0.6) is 0 Å². The Bertz CT molecular complexity index is 384. The Hall–Kier alpha value is -1.51. The van der Waals surface area contributed by atoms with E-state index in [1.807, 2.05) is 0 Å². The molecule has 2 N–H and O–H groups in total. The van der Waals surface area contributed by atoms with Crippen LogP contribution in [0.2, 0.25) is 0 Å². The van der Waals surface area contributed by atoms with E-state index in [4.69, 9.17) is 5.73 Å². The molecule has 80 valence electrons. The van der Waals surface area contributed by atoms with Crippen LogP contribution < -0.4 is 10.6 Å². The Balaban J connectivity index is 2.32. The van der Waals surface area contributed by atoms with Crippen molar-refractivity contribution in [3.05, 3.63) is 29.8 Å². The number of benzene rings is 1. The number of hydrogen-bond acceptors (Lipinski definition) is 3. The molecule has 1 unspecified atom stereocenters. The molecule has 1 aromatic carbocycles. The number of aliphatic imine (C=N–C) groups is 1. The minimum Gasteiger partial charge on any atom is -0.370 e. The number of guanidine groups is 1. The molecule has 0 saturated heterocycles. The standard InChI is InChI=1S/C12H17N3/c1-3-10-8-14-12(13)15(10)11-6-4-5-9(2)7-11/h4-7,10H,3,8H2,1-2H3,(H2,13,14). The van der Waals surface area contributed by atoms with Crippen molar-refractivity contribution < 1.29 is 0 Å². The van der Waals surface area contributed by atoms with Gasteiger partial charge in [0.1, 0.15) is 0 Å². The van der Waals surface area contributed by atoms with E-state index in [-0.39, 0.29) is 0 Å². The normalized spacial score (nSPS) is 20.5. The lowest BCUT2D eigenvalue weighted by atomic mass is 10.1. The number of aryl methyl sites for hydroxylation is 1. The monoisotopic (exact) mass is 203 g/mol. The number of rotatable bonds is 2. The van der Waals surface area contributed by atoms with E-state index in [0.717, 1.165) is 18.7 Å². The first-order chi connectivity index (χ1) is 7.22. The maximum absolute atomic E-state index is 5.90. The lowest BCUT2D eigenvalue weighted by Gasteiger charge is -2.25. The van der Waals surface area contributed by atoms with Gasteiger partial charge in [0, 0.05) is 5.69 Å².